The van der Waals surface area contributed by atoms with E-state index in [1.54, 1.807) is 11.1 Å². The largest absolute Gasteiger partial charge is 0.312 e. The molecule has 0 spiro atoms. The summed E-state index contributed by atoms with van der Waals surface area (Å²) in [6, 6.07) is 9.78. The van der Waals surface area contributed by atoms with Crippen LogP contribution in [0.25, 0.3) is 0 Å². The Kier molecular flexibility index (Phi) is 4.37. The van der Waals surface area contributed by atoms with E-state index in [0.29, 0.717) is 6.04 Å². The summed E-state index contributed by atoms with van der Waals surface area (Å²) in [5.41, 5.74) is 3.43. The van der Waals surface area contributed by atoms with Gasteiger partial charge < -0.3 is 5.32 Å². The van der Waals surface area contributed by atoms with Gasteiger partial charge in [0.05, 0.1) is 0 Å². The summed E-state index contributed by atoms with van der Waals surface area (Å²) in [7, 11) is 0. The van der Waals surface area contributed by atoms with E-state index >= 15 is 0 Å². The van der Waals surface area contributed by atoms with Crippen LogP contribution in [0, 0.1) is 5.92 Å². The molecule has 2 atom stereocenters. The molecule has 1 aromatic carbocycles. The monoisotopic (exact) mass is 286 g/mol. The van der Waals surface area contributed by atoms with Crippen LogP contribution in [0.3, 0.4) is 0 Å². The zero-order valence-corrected chi connectivity index (χ0v) is 13.9. The number of fused-ring (bicyclic) bond motifs is 1. The Morgan fingerprint density at radius 1 is 1.19 bits per heavy atom. The lowest BCUT2D eigenvalue weighted by Crippen LogP contribution is -2.40. The number of nitrogens with one attached hydrogen (secondary N) is 1. The number of likely N-dealkylation sites (tertiary alicyclic amines) is 1. The van der Waals surface area contributed by atoms with Crippen LogP contribution in [0.5, 0.6) is 0 Å². The molecular formula is C19H30N2. The predicted octanol–water partition coefficient (Wildman–Crippen LogP) is 3.77. The molecule has 116 valence electrons. The van der Waals surface area contributed by atoms with Gasteiger partial charge >= 0.3 is 0 Å². The number of hydrogen-bond donors (Lipinski definition) is 1. The molecule has 0 aromatic heterocycles. The van der Waals surface area contributed by atoms with Gasteiger partial charge in [-0.3, -0.25) is 4.90 Å². The van der Waals surface area contributed by atoms with E-state index in [4.69, 9.17) is 0 Å². The number of rotatable bonds is 3. The molecule has 0 radical (unpaired) electrons. The molecule has 1 N–H and O–H groups in total. The van der Waals surface area contributed by atoms with Crippen molar-refractivity contribution in [2.75, 3.05) is 19.6 Å². The smallest absolute Gasteiger partial charge is 0.0351 e. The number of hydrogen-bond acceptors (Lipinski definition) is 2. The van der Waals surface area contributed by atoms with Gasteiger partial charge in [-0.15, -0.1) is 0 Å². The number of nitrogens with zero attached hydrogens (tertiary/aromatic N) is 1. The van der Waals surface area contributed by atoms with Crippen molar-refractivity contribution in [3.8, 4) is 0 Å². The van der Waals surface area contributed by atoms with Crippen LogP contribution in [-0.2, 0) is 6.42 Å². The van der Waals surface area contributed by atoms with Crippen LogP contribution in [-0.4, -0.2) is 30.1 Å². The molecule has 1 fully saturated rings. The lowest BCUT2D eigenvalue weighted by molar-refractivity contribution is 0.211. The molecule has 21 heavy (non-hydrogen) atoms. The molecule has 2 heteroatoms. The van der Waals surface area contributed by atoms with Crippen molar-refractivity contribution in [1.82, 2.24) is 10.2 Å². The first kappa shape index (κ1) is 15.1. The van der Waals surface area contributed by atoms with Crippen LogP contribution in [0.2, 0.25) is 0 Å². The molecule has 1 aliphatic heterocycles. The second-order valence-electron chi connectivity index (χ2n) is 7.89. The van der Waals surface area contributed by atoms with E-state index in [-0.39, 0.29) is 5.54 Å². The third kappa shape index (κ3) is 3.67. The molecule has 0 saturated carbocycles. The minimum absolute atomic E-state index is 0.241. The number of aryl methyl sites for hydroxylation is 1. The highest BCUT2D eigenvalue weighted by atomic mass is 15.2. The first-order chi connectivity index (χ1) is 10.0. The van der Waals surface area contributed by atoms with E-state index in [9.17, 15) is 0 Å². The average molecular weight is 286 g/mol. The summed E-state index contributed by atoms with van der Waals surface area (Å²) in [6.07, 6.45) is 5.32. The van der Waals surface area contributed by atoms with E-state index in [1.807, 2.05) is 0 Å². The molecule has 1 saturated heterocycles. The predicted molar refractivity (Wildman–Crippen MR) is 89.6 cm³/mol. The Bertz CT molecular complexity index is 475. The Morgan fingerprint density at radius 2 is 2.00 bits per heavy atom. The van der Waals surface area contributed by atoms with Gasteiger partial charge in [-0.1, -0.05) is 24.3 Å². The Hall–Kier alpha value is -0.860. The maximum Gasteiger partial charge on any atom is 0.0351 e. The summed E-state index contributed by atoms with van der Waals surface area (Å²) in [4.78, 5) is 2.74. The average Bonchev–Trinajstić information content (AvgIpc) is 2.92. The van der Waals surface area contributed by atoms with Crippen LogP contribution >= 0.6 is 0 Å². The molecule has 2 unspecified atom stereocenters. The van der Waals surface area contributed by atoms with Crippen molar-refractivity contribution >= 4 is 0 Å². The summed E-state index contributed by atoms with van der Waals surface area (Å²) in [5, 5.41) is 3.68. The SMILES string of the molecule is CC(C)(C)NCC1CCN(C2CCCc3ccccc32)C1. The standard InChI is InChI=1S/C19H30N2/c1-19(2,3)20-13-15-11-12-21(14-15)18-10-6-8-16-7-4-5-9-17(16)18/h4-5,7,9,15,18,20H,6,8,10-14H2,1-3H3. The fraction of sp³-hybridized carbons (Fsp3) is 0.684. The molecule has 3 rings (SSSR count). The van der Waals surface area contributed by atoms with Crippen molar-refractivity contribution < 1.29 is 0 Å². The van der Waals surface area contributed by atoms with Gasteiger partial charge in [0, 0.05) is 18.1 Å². The van der Waals surface area contributed by atoms with Crippen molar-refractivity contribution in [2.45, 2.75) is 58.0 Å². The van der Waals surface area contributed by atoms with E-state index in [1.165, 1.54) is 38.8 Å². The Labute approximate surface area is 129 Å². The first-order valence-corrected chi connectivity index (χ1v) is 8.60. The maximum absolute atomic E-state index is 3.68. The van der Waals surface area contributed by atoms with Gasteiger partial charge in [0.25, 0.3) is 0 Å². The molecule has 2 nitrogen and oxygen atoms in total. The molecule has 0 bridgehead atoms. The van der Waals surface area contributed by atoms with Crippen LogP contribution < -0.4 is 5.32 Å². The zero-order valence-electron chi connectivity index (χ0n) is 13.9. The molecule has 0 amide bonds. The molecule has 1 aliphatic carbocycles. The molecule has 2 aliphatic rings. The van der Waals surface area contributed by atoms with Gasteiger partial charge in [-0.25, -0.2) is 0 Å². The maximum atomic E-state index is 3.68. The normalized spacial score (nSPS) is 26.8. The third-order valence-corrected chi connectivity index (χ3v) is 5.02. The molecule has 1 aromatic rings. The number of benzene rings is 1. The first-order valence-electron chi connectivity index (χ1n) is 8.60. The second kappa shape index (κ2) is 6.10. The molecular weight excluding hydrogens is 256 g/mol. The van der Waals surface area contributed by atoms with E-state index in [2.05, 4.69) is 55.3 Å². The van der Waals surface area contributed by atoms with Gasteiger partial charge in [-0.05, 0) is 76.6 Å². The minimum Gasteiger partial charge on any atom is -0.312 e. The van der Waals surface area contributed by atoms with Crippen molar-refractivity contribution in [3.63, 3.8) is 0 Å². The van der Waals surface area contributed by atoms with Crippen LogP contribution in [0.15, 0.2) is 24.3 Å². The highest BCUT2D eigenvalue weighted by Gasteiger charge is 2.31. The van der Waals surface area contributed by atoms with Gasteiger partial charge in [0.15, 0.2) is 0 Å². The summed E-state index contributed by atoms with van der Waals surface area (Å²) in [6.45, 7) is 10.5. The van der Waals surface area contributed by atoms with E-state index < -0.39 is 0 Å². The van der Waals surface area contributed by atoms with Crippen LogP contribution in [0.1, 0.15) is 57.2 Å². The quantitative estimate of drug-likeness (QED) is 0.910. The summed E-state index contributed by atoms with van der Waals surface area (Å²) >= 11 is 0. The van der Waals surface area contributed by atoms with Gasteiger partial charge in [-0.2, -0.15) is 0 Å². The molecule has 1 heterocycles. The fourth-order valence-corrected chi connectivity index (χ4v) is 3.87. The van der Waals surface area contributed by atoms with Crippen molar-refractivity contribution in [3.05, 3.63) is 35.4 Å². The lowest BCUT2D eigenvalue weighted by Gasteiger charge is -2.33. The third-order valence-electron chi connectivity index (χ3n) is 5.02. The highest BCUT2D eigenvalue weighted by Crippen LogP contribution is 2.36. The summed E-state index contributed by atoms with van der Waals surface area (Å²) in [5.74, 6) is 0.818. The lowest BCUT2D eigenvalue weighted by atomic mass is 9.87. The highest BCUT2D eigenvalue weighted by molar-refractivity contribution is 5.32. The summed E-state index contributed by atoms with van der Waals surface area (Å²) < 4.78 is 0. The fourth-order valence-electron chi connectivity index (χ4n) is 3.87. The topological polar surface area (TPSA) is 15.3 Å². The van der Waals surface area contributed by atoms with Crippen LogP contribution in [0.4, 0.5) is 0 Å². The van der Waals surface area contributed by atoms with Gasteiger partial charge in [0.1, 0.15) is 0 Å². The zero-order chi connectivity index (χ0) is 14.9. The van der Waals surface area contributed by atoms with E-state index in [0.717, 1.165) is 12.5 Å². The van der Waals surface area contributed by atoms with Crippen molar-refractivity contribution in [2.24, 2.45) is 5.92 Å². The minimum atomic E-state index is 0.241. The Morgan fingerprint density at radius 3 is 2.81 bits per heavy atom. The second-order valence-corrected chi connectivity index (χ2v) is 7.89. The van der Waals surface area contributed by atoms with Gasteiger partial charge in [0.2, 0.25) is 0 Å². The Balaban J connectivity index is 1.62. The van der Waals surface area contributed by atoms with Crippen molar-refractivity contribution in [1.29, 1.82) is 0 Å².